The first-order chi connectivity index (χ1) is 6.91. The van der Waals surface area contributed by atoms with Gasteiger partial charge in [0.2, 0.25) is 0 Å². The van der Waals surface area contributed by atoms with Crippen molar-refractivity contribution in [2.75, 3.05) is 13.6 Å². The van der Waals surface area contributed by atoms with Crippen molar-refractivity contribution in [3.05, 3.63) is 15.6 Å². The molecule has 15 heavy (non-hydrogen) atoms. The molecule has 0 radical (unpaired) electrons. The van der Waals surface area contributed by atoms with Crippen molar-refractivity contribution in [1.29, 1.82) is 0 Å². The number of likely N-dealkylation sites (N-methyl/N-ethyl adjacent to an activating group) is 1. The van der Waals surface area contributed by atoms with E-state index in [4.69, 9.17) is 18.0 Å². The highest BCUT2D eigenvalue weighted by molar-refractivity contribution is 7.80. The molecule has 6 heteroatoms. The summed E-state index contributed by atoms with van der Waals surface area (Å²) in [4.78, 5) is 18.6. The number of aromatic nitrogens is 1. The summed E-state index contributed by atoms with van der Waals surface area (Å²) >= 11 is 6.14. The maximum atomic E-state index is 11.9. The van der Waals surface area contributed by atoms with E-state index >= 15 is 0 Å². The van der Waals surface area contributed by atoms with E-state index in [-0.39, 0.29) is 5.91 Å². The van der Waals surface area contributed by atoms with Crippen molar-refractivity contribution < 1.29 is 4.79 Å². The zero-order chi connectivity index (χ0) is 11.6. The molecule has 0 unspecified atom stereocenters. The van der Waals surface area contributed by atoms with Gasteiger partial charge in [0.1, 0.15) is 4.88 Å². The fourth-order valence-electron chi connectivity index (χ4n) is 1.21. The largest absolute Gasteiger partial charge is 0.392 e. The highest BCUT2D eigenvalue weighted by atomic mass is 32.1. The molecule has 0 aliphatic heterocycles. The number of nitrogens with zero attached hydrogens (tertiary/aromatic N) is 2. The van der Waals surface area contributed by atoms with Crippen molar-refractivity contribution in [3.8, 4) is 0 Å². The maximum Gasteiger partial charge on any atom is 0.265 e. The lowest BCUT2D eigenvalue weighted by Crippen LogP contribution is -2.34. The predicted molar refractivity (Wildman–Crippen MR) is 65.3 cm³/mol. The SMILES string of the molecule is Cc1nc(C)c(C(=O)N(C)CC(N)=S)s1. The van der Waals surface area contributed by atoms with Gasteiger partial charge in [-0.05, 0) is 13.8 Å². The number of carbonyl (C=O) groups is 1. The number of hydrogen-bond acceptors (Lipinski definition) is 4. The molecule has 0 fully saturated rings. The Morgan fingerprint density at radius 2 is 2.20 bits per heavy atom. The van der Waals surface area contributed by atoms with Crippen LogP contribution in [0.4, 0.5) is 0 Å². The van der Waals surface area contributed by atoms with Gasteiger partial charge in [-0.2, -0.15) is 0 Å². The highest BCUT2D eigenvalue weighted by Crippen LogP contribution is 2.18. The topological polar surface area (TPSA) is 59.2 Å². The lowest BCUT2D eigenvalue weighted by molar-refractivity contribution is 0.0819. The van der Waals surface area contributed by atoms with E-state index in [1.807, 2.05) is 13.8 Å². The molecular formula is C9H13N3OS2. The van der Waals surface area contributed by atoms with Crippen molar-refractivity contribution >= 4 is 34.5 Å². The summed E-state index contributed by atoms with van der Waals surface area (Å²) in [5, 5.41) is 0.888. The molecular weight excluding hydrogens is 230 g/mol. The maximum absolute atomic E-state index is 11.9. The fourth-order valence-corrected chi connectivity index (χ4v) is 2.32. The van der Waals surface area contributed by atoms with Crippen LogP contribution >= 0.6 is 23.6 Å². The summed E-state index contributed by atoms with van der Waals surface area (Å²) < 4.78 is 0. The minimum Gasteiger partial charge on any atom is -0.392 e. The van der Waals surface area contributed by atoms with Gasteiger partial charge in [0.15, 0.2) is 0 Å². The van der Waals surface area contributed by atoms with E-state index < -0.39 is 0 Å². The molecule has 1 rings (SSSR count). The lowest BCUT2D eigenvalue weighted by atomic mass is 10.3. The highest BCUT2D eigenvalue weighted by Gasteiger charge is 2.17. The van der Waals surface area contributed by atoms with Crippen molar-refractivity contribution in [3.63, 3.8) is 0 Å². The van der Waals surface area contributed by atoms with Gasteiger partial charge in [0, 0.05) is 7.05 Å². The number of aryl methyl sites for hydroxylation is 2. The molecule has 2 N–H and O–H groups in total. The molecule has 82 valence electrons. The molecule has 4 nitrogen and oxygen atoms in total. The van der Waals surface area contributed by atoms with Gasteiger partial charge in [-0.25, -0.2) is 4.98 Å². The summed E-state index contributed by atoms with van der Waals surface area (Å²) in [6.45, 7) is 4.00. The number of rotatable bonds is 3. The van der Waals surface area contributed by atoms with Gasteiger partial charge < -0.3 is 10.6 Å². The van der Waals surface area contributed by atoms with Crippen LogP contribution in [0.1, 0.15) is 20.4 Å². The first-order valence-electron chi connectivity index (χ1n) is 4.39. The Labute approximate surface area is 98.1 Å². The summed E-state index contributed by atoms with van der Waals surface area (Å²) in [5.41, 5.74) is 6.14. The van der Waals surface area contributed by atoms with Crippen LogP contribution in [-0.2, 0) is 0 Å². The Kier molecular flexibility index (Phi) is 3.76. The Morgan fingerprint density at radius 1 is 1.60 bits per heavy atom. The zero-order valence-corrected chi connectivity index (χ0v) is 10.5. The molecule has 1 aromatic rings. The normalized spacial score (nSPS) is 10.1. The van der Waals surface area contributed by atoms with E-state index in [9.17, 15) is 4.79 Å². The molecule has 0 aliphatic carbocycles. The molecule has 0 aromatic carbocycles. The second-order valence-electron chi connectivity index (χ2n) is 3.27. The van der Waals surface area contributed by atoms with Gasteiger partial charge in [-0.3, -0.25) is 4.79 Å². The number of thiocarbonyl (C=S) groups is 1. The van der Waals surface area contributed by atoms with E-state index in [0.717, 1.165) is 10.7 Å². The average Bonchev–Trinajstić information content (AvgIpc) is 2.42. The molecule has 0 spiro atoms. The number of hydrogen-bond donors (Lipinski definition) is 1. The number of thiazole rings is 1. The van der Waals surface area contributed by atoms with E-state index in [0.29, 0.717) is 16.4 Å². The first-order valence-corrected chi connectivity index (χ1v) is 5.62. The second kappa shape index (κ2) is 4.67. The minimum absolute atomic E-state index is 0.0779. The van der Waals surface area contributed by atoms with Crippen LogP contribution < -0.4 is 5.73 Å². The van der Waals surface area contributed by atoms with Crippen LogP contribution in [0.3, 0.4) is 0 Å². The van der Waals surface area contributed by atoms with Gasteiger partial charge >= 0.3 is 0 Å². The monoisotopic (exact) mass is 243 g/mol. The fraction of sp³-hybridized carbons (Fsp3) is 0.444. The van der Waals surface area contributed by atoms with Crippen LogP contribution in [0.5, 0.6) is 0 Å². The lowest BCUT2D eigenvalue weighted by Gasteiger charge is -2.15. The Morgan fingerprint density at radius 3 is 2.60 bits per heavy atom. The summed E-state index contributed by atoms with van der Waals surface area (Å²) in [6, 6.07) is 0. The van der Waals surface area contributed by atoms with Gasteiger partial charge in [0.25, 0.3) is 5.91 Å². The summed E-state index contributed by atoms with van der Waals surface area (Å²) in [7, 11) is 1.68. The minimum atomic E-state index is -0.0779. The predicted octanol–water partition coefficient (Wildman–Crippen LogP) is 1.12. The number of carbonyl (C=O) groups excluding carboxylic acids is 1. The van der Waals surface area contributed by atoms with Crippen LogP contribution in [0.15, 0.2) is 0 Å². The van der Waals surface area contributed by atoms with Crippen molar-refractivity contribution in [1.82, 2.24) is 9.88 Å². The third-order valence-corrected chi connectivity index (χ3v) is 3.03. The van der Waals surface area contributed by atoms with Crippen LogP contribution in [0.25, 0.3) is 0 Å². The Balaban J connectivity index is 2.84. The molecule has 1 aromatic heterocycles. The molecule has 0 aliphatic rings. The van der Waals surface area contributed by atoms with E-state index in [1.165, 1.54) is 16.2 Å². The molecule has 1 heterocycles. The van der Waals surface area contributed by atoms with Crippen LogP contribution in [0, 0.1) is 13.8 Å². The number of nitrogens with two attached hydrogens (primary N) is 1. The van der Waals surface area contributed by atoms with Gasteiger partial charge in [0.05, 0.1) is 22.2 Å². The number of amides is 1. The first kappa shape index (κ1) is 12.1. The second-order valence-corrected chi connectivity index (χ2v) is 5.00. The van der Waals surface area contributed by atoms with E-state index in [2.05, 4.69) is 4.98 Å². The summed E-state index contributed by atoms with van der Waals surface area (Å²) in [5.74, 6) is -0.0779. The molecule has 0 atom stereocenters. The summed E-state index contributed by atoms with van der Waals surface area (Å²) in [6.07, 6.45) is 0. The quantitative estimate of drug-likeness (QED) is 0.808. The standard InChI is InChI=1S/C9H13N3OS2/c1-5-8(15-6(2)11-5)9(13)12(3)4-7(10)14/h4H2,1-3H3,(H2,10,14). The van der Waals surface area contributed by atoms with Gasteiger partial charge in [-0.15, -0.1) is 11.3 Å². The molecule has 0 saturated carbocycles. The average molecular weight is 243 g/mol. The van der Waals surface area contributed by atoms with Crippen LogP contribution in [0.2, 0.25) is 0 Å². The molecule has 1 amide bonds. The third-order valence-electron chi connectivity index (χ3n) is 1.84. The molecule has 0 bridgehead atoms. The smallest absolute Gasteiger partial charge is 0.265 e. The van der Waals surface area contributed by atoms with Crippen LogP contribution in [-0.4, -0.2) is 34.4 Å². The Hall–Kier alpha value is -1.01. The van der Waals surface area contributed by atoms with E-state index in [1.54, 1.807) is 7.05 Å². The zero-order valence-electron chi connectivity index (χ0n) is 8.90. The van der Waals surface area contributed by atoms with Gasteiger partial charge in [-0.1, -0.05) is 12.2 Å². The Bertz CT molecular complexity index is 400. The molecule has 0 saturated heterocycles. The third kappa shape index (κ3) is 2.97. The van der Waals surface area contributed by atoms with Crippen molar-refractivity contribution in [2.24, 2.45) is 5.73 Å². The van der Waals surface area contributed by atoms with Crippen molar-refractivity contribution in [2.45, 2.75) is 13.8 Å².